The zero-order valence-electron chi connectivity index (χ0n) is 13.4. The topological polar surface area (TPSA) is 84.5 Å². The molecule has 6 nitrogen and oxygen atoms in total. The summed E-state index contributed by atoms with van der Waals surface area (Å²) in [5.41, 5.74) is 0. The highest BCUT2D eigenvalue weighted by molar-refractivity contribution is 7.89. The summed E-state index contributed by atoms with van der Waals surface area (Å²) in [6.07, 6.45) is 0.782. The minimum atomic E-state index is -3.75. The molecule has 0 heterocycles. The van der Waals surface area contributed by atoms with Crippen LogP contribution in [0.25, 0.3) is 0 Å². The number of ether oxygens (including phenoxy) is 1. The van der Waals surface area contributed by atoms with Gasteiger partial charge in [0.25, 0.3) is 0 Å². The van der Waals surface area contributed by atoms with Gasteiger partial charge in [0.2, 0.25) is 15.9 Å². The lowest BCUT2D eigenvalue weighted by molar-refractivity contribution is -0.122. The number of benzene rings is 1. The lowest BCUT2D eigenvalue weighted by Crippen LogP contribution is -2.47. The molecule has 0 aliphatic rings. The van der Waals surface area contributed by atoms with Crippen LogP contribution in [0.4, 0.5) is 0 Å². The number of nitrogens with one attached hydrogen (secondary N) is 2. The zero-order chi connectivity index (χ0) is 16.8. The Morgan fingerprint density at radius 1 is 1.18 bits per heavy atom. The van der Waals surface area contributed by atoms with E-state index < -0.39 is 16.1 Å². The number of sulfonamides is 1. The maximum Gasteiger partial charge on any atom is 0.241 e. The van der Waals surface area contributed by atoms with Crippen molar-refractivity contribution in [1.82, 2.24) is 10.0 Å². The molecule has 0 saturated heterocycles. The van der Waals surface area contributed by atoms with Gasteiger partial charge >= 0.3 is 0 Å². The van der Waals surface area contributed by atoms with E-state index in [4.69, 9.17) is 4.74 Å². The molecular weight excluding hydrogens is 304 g/mol. The highest BCUT2D eigenvalue weighted by Crippen LogP contribution is 2.16. The first-order valence-electron chi connectivity index (χ1n) is 7.35. The highest BCUT2D eigenvalue weighted by Gasteiger charge is 2.22. The van der Waals surface area contributed by atoms with Crippen LogP contribution in [0.1, 0.15) is 34.1 Å². The molecule has 0 radical (unpaired) electrons. The van der Waals surface area contributed by atoms with Gasteiger partial charge in [-0.1, -0.05) is 6.92 Å². The zero-order valence-corrected chi connectivity index (χ0v) is 14.2. The van der Waals surface area contributed by atoms with Gasteiger partial charge < -0.3 is 10.1 Å². The van der Waals surface area contributed by atoms with Gasteiger partial charge in [-0.15, -0.1) is 0 Å². The maximum atomic E-state index is 12.2. The molecule has 7 heteroatoms. The molecule has 1 rings (SSSR count). The lowest BCUT2D eigenvalue weighted by atomic mass is 10.2. The standard InChI is InChI=1S/C15H24N2O4S/c1-5-11(3)16-15(18)12(4)17-22(19,20)14-9-7-13(8-10-14)21-6-2/h7-12,17H,5-6H2,1-4H3,(H,16,18)/t11-,12+/m1/s1. The molecule has 124 valence electrons. The third-order valence-electron chi connectivity index (χ3n) is 3.17. The monoisotopic (exact) mass is 328 g/mol. The van der Waals surface area contributed by atoms with Crippen LogP contribution in [-0.4, -0.2) is 33.0 Å². The number of hydrogen-bond acceptors (Lipinski definition) is 4. The van der Waals surface area contributed by atoms with Crippen molar-refractivity contribution in [1.29, 1.82) is 0 Å². The van der Waals surface area contributed by atoms with E-state index in [9.17, 15) is 13.2 Å². The molecule has 0 fully saturated rings. The molecule has 1 aromatic rings. The lowest BCUT2D eigenvalue weighted by Gasteiger charge is -2.17. The van der Waals surface area contributed by atoms with Gasteiger partial charge in [0.1, 0.15) is 5.75 Å². The second-order valence-electron chi connectivity index (χ2n) is 5.07. The summed E-state index contributed by atoms with van der Waals surface area (Å²) in [5, 5.41) is 2.74. The summed E-state index contributed by atoms with van der Waals surface area (Å²) in [6.45, 7) is 7.69. The van der Waals surface area contributed by atoms with Crippen molar-refractivity contribution < 1.29 is 17.9 Å². The van der Waals surface area contributed by atoms with Gasteiger partial charge in [-0.25, -0.2) is 8.42 Å². The SMILES string of the molecule is CCOc1ccc(S(=O)(=O)N[C@@H](C)C(=O)N[C@H](C)CC)cc1. The Morgan fingerprint density at radius 3 is 2.27 bits per heavy atom. The highest BCUT2D eigenvalue weighted by atomic mass is 32.2. The van der Waals surface area contributed by atoms with Crippen LogP contribution in [0, 0.1) is 0 Å². The number of amides is 1. The Hall–Kier alpha value is -1.60. The molecule has 0 aliphatic carbocycles. The molecule has 0 bridgehead atoms. The van der Waals surface area contributed by atoms with Crippen LogP contribution in [-0.2, 0) is 14.8 Å². The predicted molar refractivity (Wildman–Crippen MR) is 85.3 cm³/mol. The Bertz CT molecular complexity index is 584. The molecule has 22 heavy (non-hydrogen) atoms. The van der Waals surface area contributed by atoms with Gasteiger partial charge in [-0.05, 0) is 51.5 Å². The fourth-order valence-electron chi connectivity index (χ4n) is 1.71. The van der Waals surface area contributed by atoms with E-state index in [0.29, 0.717) is 12.4 Å². The molecule has 2 atom stereocenters. The number of carbonyl (C=O) groups is 1. The van der Waals surface area contributed by atoms with Crippen molar-refractivity contribution in [2.75, 3.05) is 6.61 Å². The average molecular weight is 328 g/mol. The van der Waals surface area contributed by atoms with Gasteiger partial charge in [-0.3, -0.25) is 4.79 Å². The van der Waals surface area contributed by atoms with Gasteiger partial charge in [-0.2, -0.15) is 4.72 Å². The van der Waals surface area contributed by atoms with E-state index in [1.165, 1.54) is 19.1 Å². The predicted octanol–water partition coefficient (Wildman–Crippen LogP) is 1.67. The quantitative estimate of drug-likeness (QED) is 0.760. The Morgan fingerprint density at radius 2 is 1.77 bits per heavy atom. The molecule has 0 unspecified atom stereocenters. The van der Waals surface area contributed by atoms with E-state index >= 15 is 0 Å². The molecule has 1 aromatic carbocycles. The fraction of sp³-hybridized carbons (Fsp3) is 0.533. The van der Waals surface area contributed by atoms with Crippen molar-refractivity contribution >= 4 is 15.9 Å². The second kappa shape index (κ2) is 8.14. The second-order valence-corrected chi connectivity index (χ2v) is 6.78. The van der Waals surface area contributed by atoms with Crippen molar-refractivity contribution in [3.8, 4) is 5.75 Å². The molecule has 0 aromatic heterocycles. The largest absolute Gasteiger partial charge is 0.494 e. The van der Waals surface area contributed by atoms with E-state index in [-0.39, 0.29) is 16.8 Å². The summed E-state index contributed by atoms with van der Waals surface area (Å²) in [5.74, 6) is 0.257. The molecule has 2 N–H and O–H groups in total. The normalized spacial score (nSPS) is 14.2. The third kappa shape index (κ3) is 5.31. The van der Waals surface area contributed by atoms with Gasteiger partial charge in [0.15, 0.2) is 0 Å². The minimum Gasteiger partial charge on any atom is -0.494 e. The van der Waals surface area contributed by atoms with Gasteiger partial charge in [0.05, 0.1) is 17.5 Å². The molecular formula is C15H24N2O4S. The third-order valence-corrected chi connectivity index (χ3v) is 4.73. The molecule has 0 aliphatic heterocycles. The van der Waals surface area contributed by atoms with Crippen molar-refractivity contribution in [2.45, 2.75) is 51.1 Å². The minimum absolute atomic E-state index is 0.00456. The summed E-state index contributed by atoms with van der Waals surface area (Å²) in [7, 11) is -3.75. The summed E-state index contributed by atoms with van der Waals surface area (Å²) in [4.78, 5) is 12.0. The average Bonchev–Trinajstić information content (AvgIpc) is 2.47. The van der Waals surface area contributed by atoms with Crippen LogP contribution in [0.15, 0.2) is 29.2 Å². The smallest absolute Gasteiger partial charge is 0.241 e. The molecule has 0 spiro atoms. The number of rotatable bonds is 8. The first-order chi connectivity index (χ1) is 10.3. The molecule has 1 amide bonds. The Labute approximate surface area is 132 Å². The maximum absolute atomic E-state index is 12.2. The van der Waals surface area contributed by atoms with E-state index in [0.717, 1.165) is 6.42 Å². The summed E-state index contributed by atoms with van der Waals surface area (Å²) >= 11 is 0. The van der Waals surface area contributed by atoms with E-state index in [2.05, 4.69) is 10.0 Å². The summed E-state index contributed by atoms with van der Waals surface area (Å²) in [6, 6.07) is 5.24. The van der Waals surface area contributed by atoms with Crippen LogP contribution < -0.4 is 14.8 Å². The van der Waals surface area contributed by atoms with E-state index in [1.54, 1.807) is 12.1 Å². The van der Waals surface area contributed by atoms with Crippen LogP contribution >= 0.6 is 0 Å². The van der Waals surface area contributed by atoms with Crippen molar-refractivity contribution in [2.24, 2.45) is 0 Å². The van der Waals surface area contributed by atoms with Crippen LogP contribution in [0.5, 0.6) is 5.75 Å². The van der Waals surface area contributed by atoms with Crippen LogP contribution in [0.3, 0.4) is 0 Å². The first-order valence-corrected chi connectivity index (χ1v) is 8.84. The van der Waals surface area contributed by atoms with Gasteiger partial charge in [0, 0.05) is 6.04 Å². The van der Waals surface area contributed by atoms with Crippen LogP contribution in [0.2, 0.25) is 0 Å². The van der Waals surface area contributed by atoms with Crippen molar-refractivity contribution in [3.05, 3.63) is 24.3 Å². The first kappa shape index (κ1) is 18.4. The van der Waals surface area contributed by atoms with Crippen molar-refractivity contribution in [3.63, 3.8) is 0 Å². The number of hydrogen-bond donors (Lipinski definition) is 2. The molecule has 0 saturated carbocycles. The fourth-order valence-corrected chi connectivity index (χ4v) is 2.91. The Kier molecular flexibility index (Phi) is 6.83. The Balaban J connectivity index is 2.75. The number of carbonyl (C=O) groups excluding carboxylic acids is 1. The summed E-state index contributed by atoms with van der Waals surface area (Å²) < 4.78 is 32.1. The van der Waals surface area contributed by atoms with E-state index in [1.807, 2.05) is 20.8 Å².